The van der Waals surface area contributed by atoms with E-state index in [-0.39, 0.29) is 11.5 Å². The van der Waals surface area contributed by atoms with E-state index in [4.69, 9.17) is 16.3 Å². The molecule has 2 rings (SSSR count). The fourth-order valence-electron chi connectivity index (χ4n) is 2.39. The van der Waals surface area contributed by atoms with Crippen LogP contribution in [0.3, 0.4) is 0 Å². The van der Waals surface area contributed by atoms with Gasteiger partial charge in [0.25, 0.3) is 0 Å². The van der Waals surface area contributed by atoms with Crippen LogP contribution in [0.4, 0.5) is 0 Å². The number of hydrogen-bond donors (Lipinski definition) is 0. The Kier molecular flexibility index (Phi) is 5.30. The van der Waals surface area contributed by atoms with E-state index >= 15 is 0 Å². The molecule has 2 aromatic carbocycles. The second kappa shape index (κ2) is 7.00. The molecule has 0 aromatic heterocycles. The van der Waals surface area contributed by atoms with Crippen molar-refractivity contribution in [3.8, 4) is 5.75 Å². The maximum atomic E-state index is 6.62. The normalized spacial score (nSPS) is 12.5. The molecule has 0 aliphatic rings. The predicted octanol–water partition coefficient (Wildman–Crippen LogP) is 5.61. The molecule has 0 saturated heterocycles. The van der Waals surface area contributed by atoms with Gasteiger partial charge in [0.15, 0.2) is 0 Å². The summed E-state index contributed by atoms with van der Waals surface area (Å²) in [6, 6.07) is 14.6. The van der Waals surface area contributed by atoms with Crippen molar-refractivity contribution in [1.29, 1.82) is 0 Å². The van der Waals surface area contributed by atoms with Crippen LogP contribution in [0.15, 0.2) is 42.5 Å². The molecule has 0 aliphatic heterocycles. The maximum Gasteiger partial charge on any atom is 0.120 e. The van der Waals surface area contributed by atoms with Crippen LogP contribution >= 0.6 is 11.6 Å². The lowest BCUT2D eigenvalue weighted by Gasteiger charge is -2.15. The number of alkyl halides is 1. The largest absolute Gasteiger partial charge is 0.491 e. The summed E-state index contributed by atoms with van der Waals surface area (Å²) in [6.07, 6.45) is 1.01. The van der Waals surface area contributed by atoms with E-state index < -0.39 is 0 Å². The highest BCUT2D eigenvalue weighted by Crippen LogP contribution is 2.29. The van der Waals surface area contributed by atoms with E-state index in [1.54, 1.807) is 0 Å². The second-order valence-electron chi connectivity index (χ2n) is 5.84. The van der Waals surface area contributed by atoms with Crippen LogP contribution in [-0.4, -0.2) is 6.10 Å². The van der Waals surface area contributed by atoms with Gasteiger partial charge in [-0.1, -0.05) is 35.9 Å². The van der Waals surface area contributed by atoms with E-state index in [0.717, 1.165) is 17.7 Å². The summed E-state index contributed by atoms with van der Waals surface area (Å²) < 4.78 is 5.74. The third-order valence-corrected chi connectivity index (χ3v) is 3.90. The van der Waals surface area contributed by atoms with Gasteiger partial charge in [0, 0.05) is 0 Å². The Morgan fingerprint density at radius 2 is 1.81 bits per heavy atom. The van der Waals surface area contributed by atoms with Crippen molar-refractivity contribution in [2.24, 2.45) is 0 Å². The van der Waals surface area contributed by atoms with Crippen LogP contribution in [0.1, 0.15) is 41.5 Å². The number of rotatable bonds is 5. The predicted molar refractivity (Wildman–Crippen MR) is 90.4 cm³/mol. The minimum atomic E-state index is -0.0405. The van der Waals surface area contributed by atoms with Gasteiger partial charge in [-0.3, -0.25) is 0 Å². The fraction of sp³-hybridized carbons (Fsp3) is 0.368. The number of ether oxygens (including phenoxy) is 1. The van der Waals surface area contributed by atoms with Crippen molar-refractivity contribution < 1.29 is 4.74 Å². The van der Waals surface area contributed by atoms with E-state index in [2.05, 4.69) is 38.1 Å². The molecule has 0 radical (unpaired) electrons. The molecule has 0 amide bonds. The maximum absolute atomic E-state index is 6.62. The molecule has 112 valence electrons. The minimum Gasteiger partial charge on any atom is -0.491 e. The summed E-state index contributed by atoms with van der Waals surface area (Å²) in [5, 5.41) is -0.0405. The Morgan fingerprint density at radius 1 is 1.05 bits per heavy atom. The number of hydrogen-bond acceptors (Lipinski definition) is 1. The van der Waals surface area contributed by atoms with Crippen LogP contribution in [-0.2, 0) is 6.42 Å². The molecular weight excluding hydrogens is 280 g/mol. The molecule has 1 atom stereocenters. The summed E-state index contributed by atoms with van der Waals surface area (Å²) in [5.74, 6) is 0.883. The first-order valence-corrected chi connectivity index (χ1v) is 7.86. The summed E-state index contributed by atoms with van der Waals surface area (Å²) in [6.45, 7) is 8.31. The van der Waals surface area contributed by atoms with Gasteiger partial charge in [-0.15, -0.1) is 11.6 Å². The molecule has 0 aliphatic carbocycles. The molecule has 1 nitrogen and oxygen atoms in total. The lowest BCUT2D eigenvalue weighted by atomic mass is 9.98. The number of benzene rings is 2. The Bertz CT molecular complexity index is 604. The topological polar surface area (TPSA) is 9.23 Å². The minimum absolute atomic E-state index is 0.0405. The molecule has 2 heteroatoms. The molecule has 0 heterocycles. The van der Waals surface area contributed by atoms with Crippen LogP contribution in [0.5, 0.6) is 5.75 Å². The van der Waals surface area contributed by atoms with Gasteiger partial charge >= 0.3 is 0 Å². The summed E-state index contributed by atoms with van der Waals surface area (Å²) >= 11 is 6.62. The fourth-order valence-corrected chi connectivity index (χ4v) is 2.69. The number of halogens is 1. The molecular formula is C19H23ClO. The first kappa shape index (κ1) is 15.9. The van der Waals surface area contributed by atoms with E-state index in [0.29, 0.717) is 0 Å². The molecule has 1 unspecified atom stereocenters. The Hall–Kier alpha value is -1.47. The molecule has 0 saturated carbocycles. The van der Waals surface area contributed by atoms with E-state index in [1.807, 2.05) is 32.0 Å². The lowest BCUT2D eigenvalue weighted by Crippen LogP contribution is -2.06. The average Bonchev–Trinajstić information content (AvgIpc) is 2.42. The third kappa shape index (κ3) is 4.50. The molecule has 2 aromatic rings. The average molecular weight is 303 g/mol. The van der Waals surface area contributed by atoms with Gasteiger partial charge in [0.05, 0.1) is 11.5 Å². The van der Waals surface area contributed by atoms with Crippen molar-refractivity contribution in [3.05, 3.63) is 64.7 Å². The zero-order valence-corrected chi connectivity index (χ0v) is 13.9. The lowest BCUT2D eigenvalue weighted by molar-refractivity contribution is 0.242. The van der Waals surface area contributed by atoms with Crippen molar-refractivity contribution in [3.63, 3.8) is 0 Å². The van der Waals surface area contributed by atoms with Gasteiger partial charge in [-0.2, -0.15) is 0 Å². The van der Waals surface area contributed by atoms with E-state index in [9.17, 15) is 0 Å². The van der Waals surface area contributed by atoms with Gasteiger partial charge in [0.2, 0.25) is 0 Å². The van der Waals surface area contributed by atoms with Crippen molar-refractivity contribution in [2.75, 3.05) is 0 Å². The van der Waals surface area contributed by atoms with Gasteiger partial charge in [-0.05, 0) is 62.9 Å². The molecule has 0 spiro atoms. The number of aryl methyl sites for hydroxylation is 2. The molecule has 0 fully saturated rings. The summed E-state index contributed by atoms with van der Waals surface area (Å²) in [5.41, 5.74) is 4.98. The zero-order chi connectivity index (χ0) is 15.4. The molecule has 21 heavy (non-hydrogen) atoms. The first-order valence-electron chi connectivity index (χ1n) is 7.42. The third-order valence-electron chi connectivity index (χ3n) is 3.50. The van der Waals surface area contributed by atoms with Gasteiger partial charge in [-0.25, -0.2) is 0 Å². The van der Waals surface area contributed by atoms with Crippen LogP contribution in [0, 0.1) is 13.8 Å². The first-order chi connectivity index (χ1) is 9.95. The Balaban J connectivity index is 2.16. The molecule has 0 bridgehead atoms. The van der Waals surface area contributed by atoms with Gasteiger partial charge < -0.3 is 4.74 Å². The van der Waals surface area contributed by atoms with E-state index in [1.165, 1.54) is 16.7 Å². The van der Waals surface area contributed by atoms with Crippen LogP contribution in [0.25, 0.3) is 0 Å². The molecule has 0 N–H and O–H groups in total. The van der Waals surface area contributed by atoms with Crippen molar-refractivity contribution in [1.82, 2.24) is 0 Å². The SMILES string of the molecule is Cc1ccc(C)c(CC(Cl)c2cccc(OC(C)C)c2)c1. The van der Waals surface area contributed by atoms with Crippen LogP contribution < -0.4 is 4.74 Å². The smallest absolute Gasteiger partial charge is 0.120 e. The highest BCUT2D eigenvalue weighted by Gasteiger charge is 2.12. The highest BCUT2D eigenvalue weighted by molar-refractivity contribution is 6.21. The van der Waals surface area contributed by atoms with Crippen LogP contribution in [0.2, 0.25) is 0 Å². The van der Waals surface area contributed by atoms with Crippen molar-refractivity contribution >= 4 is 11.6 Å². The standard InChI is InChI=1S/C19H23ClO/c1-13(2)21-18-7-5-6-16(11-18)19(20)12-17-10-14(3)8-9-15(17)4/h5-11,13,19H,12H2,1-4H3. The quantitative estimate of drug-likeness (QED) is 0.652. The zero-order valence-electron chi connectivity index (χ0n) is 13.2. The monoisotopic (exact) mass is 302 g/mol. The second-order valence-corrected chi connectivity index (χ2v) is 6.37. The Morgan fingerprint density at radius 3 is 2.52 bits per heavy atom. The van der Waals surface area contributed by atoms with Gasteiger partial charge in [0.1, 0.15) is 5.75 Å². The Labute approximate surface area is 132 Å². The highest BCUT2D eigenvalue weighted by atomic mass is 35.5. The summed E-state index contributed by atoms with van der Waals surface area (Å²) in [4.78, 5) is 0. The summed E-state index contributed by atoms with van der Waals surface area (Å²) in [7, 11) is 0. The van der Waals surface area contributed by atoms with Crippen molar-refractivity contribution in [2.45, 2.75) is 45.6 Å².